The van der Waals surface area contributed by atoms with E-state index in [2.05, 4.69) is 15.6 Å². The van der Waals surface area contributed by atoms with Gasteiger partial charge in [-0.3, -0.25) is 4.79 Å². The third-order valence-corrected chi connectivity index (χ3v) is 3.46. The van der Waals surface area contributed by atoms with Crippen LogP contribution in [0.3, 0.4) is 0 Å². The number of aromatic nitrogens is 1. The van der Waals surface area contributed by atoms with Gasteiger partial charge in [0.25, 0.3) is 5.91 Å². The fourth-order valence-corrected chi connectivity index (χ4v) is 2.23. The average Bonchev–Trinajstić information content (AvgIpc) is 3.07. The number of carbonyl (C=O) groups is 1. The fourth-order valence-electron chi connectivity index (χ4n) is 2.23. The SMILES string of the molecule is Nc1ncccc1C(=O)NCc1ccc(CNc2ccccc2)o1. The lowest BCUT2D eigenvalue weighted by molar-refractivity contribution is 0.0948. The van der Waals surface area contributed by atoms with Gasteiger partial charge in [0.1, 0.15) is 17.3 Å². The van der Waals surface area contributed by atoms with Crippen LogP contribution in [-0.4, -0.2) is 10.9 Å². The minimum absolute atomic E-state index is 0.210. The van der Waals surface area contributed by atoms with Crippen molar-refractivity contribution in [1.29, 1.82) is 0 Å². The lowest BCUT2D eigenvalue weighted by atomic mass is 10.2. The van der Waals surface area contributed by atoms with E-state index in [0.29, 0.717) is 24.4 Å². The lowest BCUT2D eigenvalue weighted by Gasteiger charge is -2.05. The predicted molar refractivity (Wildman–Crippen MR) is 92.3 cm³/mol. The minimum atomic E-state index is -0.277. The number of benzene rings is 1. The molecule has 3 rings (SSSR count). The number of hydrogen-bond donors (Lipinski definition) is 3. The van der Waals surface area contributed by atoms with Gasteiger partial charge >= 0.3 is 0 Å². The zero-order valence-electron chi connectivity index (χ0n) is 13.0. The van der Waals surface area contributed by atoms with E-state index in [4.69, 9.17) is 10.2 Å². The molecule has 4 N–H and O–H groups in total. The van der Waals surface area contributed by atoms with Crippen molar-refractivity contribution in [2.75, 3.05) is 11.1 Å². The fraction of sp³-hybridized carbons (Fsp3) is 0.111. The average molecular weight is 322 g/mol. The summed E-state index contributed by atoms with van der Waals surface area (Å²) in [6.07, 6.45) is 1.55. The van der Waals surface area contributed by atoms with Gasteiger partial charge < -0.3 is 20.8 Å². The van der Waals surface area contributed by atoms with Crippen LogP contribution in [0.15, 0.2) is 65.2 Å². The molecule has 0 fully saturated rings. The van der Waals surface area contributed by atoms with E-state index in [1.165, 1.54) is 0 Å². The van der Waals surface area contributed by atoms with Crippen LogP contribution in [0.1, 0.15) is 21.9 Å². The van der Waals surface area contributed by atoms with Crippen LogP contribution < -0.4 is 16.4 Å². The van der Waals surface area contributed by atoms with Crippen molar-refractivity contribution in [2.45, 2.75) is 13.1 Å². The highest BCUT2D eigenvalue weighted by atomic mass is 16.3. The normalized spacial score (nSPS) is 10.3. The molecule has 0 saturated carbocycles. The number of anilines is 2. The molecular weight excluding hydrogens is 304 g/mol. The van der Waals surface area contributed by atoms with Gasteiger partial charge in [0.2, 0.25) is 0 Å². The second-order valence-corrected chi connectivity index (χ2v) is 5.21. The zero-order valence-corrected chi connectivity index (χ0v) is 13.0. The summed E-state index contributed by atoms with van der Waals surface area (Å²) in [4.78, 5) is 16.0. The van der Waals surface area contributed by atoms with E-state index in [9.17, 15) is 4.79 Å². The van der Waals surface area contributed by atoms with Crippen molar-refractivity contribution in [1.82, 2.24) is 10.3 Å². The Morgan fingerprint density at radius 1 is 1.00 bits per heavy atom. The van der Waals surface area contributed by atoms with Gasteiger partial charge in [0.05, 0.1) is 18.7 Å². The van der Waals surface area contributed by atoms with Crippen LogP contribution in [-0.2, 0) is 13.1 Å². The summed E-state index contributed by atoms with van der Waals surface area (Å²) >= 11 is 0. The van der Waals surface area contributed by atoms with Crippen molar-refractivity contribution in [3.05, 3.63) is 77.9 Å². The van der Waals surface area contributed by atoms with Gasteiger partial charge in [-0.1, -0.05) is 18.2 Å². The van der Waals surface area contributed by atoms with E-state index >= 15 is 0 Å². The first-order chi connectivity index (χ1) is 11.7. The molecule has 6 heteroatoms. The number of carbonyl (C=O) groups excluding carboxylic acids is 1. The number of hydrogen-bond acceptors (Lipinski definition) is 5. The van der Waals surface area contributed by atoms with E-state index in [-0.39, 0.29) is 11.7 Å². The first-order valence-corrected chi connectivity index (χ1v) is 7.57. The molecule has 1 amide bonds. The molecule has 0 unspecified atom stereocenters. The van der Waals surface area contributed by atoms with Gasteiger partial charge in [-0.05, 0) is 36.4 Å². The Balaban J connectivity index is 1.53. The maximum atomic E-state index is 12.1. The number of nitrogens with one attached hydrogen (secondary N) is 2. The molecule has 0 radical (unpaired) electrons. The van der Waals surface area contributed by atoms with Crippen LogP contribution in [0.25, 0.3) is 0 Å². The van der Waals surface area contributed by atoms with Crippen molar-refractivity contribution in [2.24, 2.45) is 0 Å². The number of amides is 1. The molecule has 0 aliphatic rings. The summed E-state index contributed by atoms with van der Waals surface area (Å²) in [5.74, 6) is 1.41. The molecule has 3 aromatic rings. The summed E-state index contributed by atoms with van der Waals surface area (Å²) in [6.45, 7) is 0.867. The standard InChI is InChI=1S/C18H18N4O2/c19-17-16(7-4-10-20-17)18(23)22-12-15-9-8-14(24-15)11-21-13-5-2-1-3-6-13/h1-10,21H,11-12H2,(H2,19,20)(H,22,23). The molecule has 0 atom stereocenters. The van der Waals surface area contributed by atoms with Gasteiger partial charge in [-0.15, -0.1) is 0 Å². The number of pyridine rings is 1. The van der Waals surface area contributed by atoms with Crippen molar-refractivity contribution in [3.63, 3.8) is 0 Å². The minimum Gasteiger partial charge on any atom is -0.462 e. The van der Waals surface area contributed by atoms with Gasteiger partial charge in [0, 0.05) is 11.9 Å². The Kier molecular flexibility index (Phi) is 4.76. The maximum Gasteiger partial charge on any atom is 0.255 e. The Labute approximate surface area is 139 Å². The second kappa shape index (κ2) is 7.32. The molecule has 122 valence electrons. The monoisotopic (exact) mass is 322 g/mol. The molecule has 0 bridgehead atoms. The number of nitrogens with two attached hydrogens (primary N) is 1. The Morgan fingerprint density at radius 3 is 2.50 bits per heavy atom. The summed E-state index contributed by atoms with van der Waals surface area (Å²) in [5, 5.41) is 6.04. The smallest absolute Gasteiger partial charge is 0.255 e. The summed E-state index contributed by atoms with van der Waals surface area (Å²) in [5.41, 5.74) is 7.07. The van der Waals surface area contributed by atoms with Crippen LogP contribution in [0.4, 0.5) is 11.5 Å². The predicted octanol–water partition coefficient (Wildman–Crippen LogP) is 2.80. The molecule has 2 heterocycles. The van der Waals surface area contributed by atoms with Crippen molar-refractivity contribution < 1.29 is 9.21 Å². The summed E-state index contributed by atoms with van der Waals surface area (Å²) in [6, 6.07) is 16.9. The van der Waals surface area contributed by atoms with E-state index in [1.54, 1.807) is 18.3 Å². The highest BCUT2D eigenvalue weighted by molar-refractivity contribution is 5.98. The van der Waals surface area contributed by atoms with Gasteiger partial charge in [-0.2, -0.15) is 0 Å². The van der Waals surface area contributed by atoms with Crippen LogP contribution in [0.5, 0.6) is 0 Å². The molecule has 24 heavy (non-hydrogen) atoms. The van der Waals surface area contributed by atoms with Crippen LogP contribution in [0.2, 0.25) is 0 Å². The van der Waals surface area contributed by atoms with Gasteiger partial charge in [-0.25, -0.2) is 4.98 Å². The first-order valence-electron chi connectivity index (χ1n) is 7.57. The highest BCUT2D eigenvalue weighted by Crippen LogP contribution is 2.12. The second-order valence-electron chi connectivity index (χ2n) is 5.21. The number of nitrogen functional groups attached to an aromatic ring is 1. The largest absolute Gasteiger partial charge is 0.462 e. The van der Waals surface area contributed by atoms with Crippen molar-refractivity contribution >= 4 is 17.4 Å². The molecule has 0 aliphatic heterocycles. The lowest BCUT2D eigenvalue weighted by Crippen LogP contribution is -2.23. The third kappa shape index (κ3) is 3.92. The molecule has 6 nitrogen and oxygen atoms in total. The van der Waals surface area contributed by atoms with E-state index in [1.807, 2.05) is 42.5 Å². The molecule has 0 saturated heterocycles. The van der Waals surface area contributed by atoms with Crippen molar-refractivity contribution in [3.8, 4) is 0 Å². The maximum absolute atomic E-state index is 12.1. The van der Waals surface area contributed by atoms with Crippen LogP contribution in [0, 0.1) is 0 Å². The van der Waals surface area contributed by atoms with E-state index < -0.39 is 0 Å². The first kappa shape index (κ1) is 15.6. The molecule has 1 aromatic carbocycles. The molecule has 0 spiro atoms. The highest BCUT2D eigenvalue weighted by Gasteiger charge is 2.10. The van der Waals surface area contributed by atoms with Crippen LogP contribution >= 0.6 is 0 Å². The van der Waals surface area contributed by atoms with Gasteiger partial charge in [0.15, 0.2) is 0 Å². The number of furan rings is 1. The summed E-state index contributed by atoms with van der Waals surface area (Å²) in [7, 11) is 0. The number of nitrogens with zero attached hydrogens (tertiary/aromatic N) is 1. The number of rotatable bonds is 6. The Morgan fingerprint density at radius 2 is 1.75 bits per heavy atom. The van der Waals surface area contributed by atoms with E-state index in [0.717, 1.165) is 11.4 Å². The Hall–Kier alpha value is -3.28. The third-order valence-electron chi connectivity index (χ3n) is 3.46. The molecule has 2 aromatic heterocycles. The number of para-hydroxylation sites is 1. The topological polar surface area (TPSA) is 93.2 Å². The Bertz CT molecular complexity index is 815. The molecular formula is C18H18N4O2. The zero-order chi connectivity index (χ0) is 16.8. The summed E-state index contributed by atoms with van der Waals surface area (Å²) < 4.78 is 5.70. The quantitative estimate of drug-likeness (QED) is 0.649. The molecule has 0 aliphatic carbocycles.